The number of pyridine rings is 1. The van der Waals surface area contributed by atoms with Gasteiger partial charge in [-0.15, -0.1) is 13.2 Å². The molecule has 2 N–H and O–H groups in total. The molecule has 0 aromatic carbocycles. The van der Waals surface area contributed by atoms with Gasteiger partial charge in [0.2, 0.25) is 5.88 Å². The van der Waals surface area contributed by atoms with Crippen molar-refractivity contribution in [2.45, 2.75) is 20.0 Å². The van der Waals surface area contributed by atoms with Gasteiger partial charge in [0, 0.05) is 6.07 Å². The molecule has 0 spiro atoms. The van der Waals surface area contributed by atoms with Crippen molar-refractivity contribution < 1.29 is 31.8 Å². The van der Waals surface area contributed by atoms with Crippen LogP contribution in [0.25, 0.3) is 0 Å². The Morgan fingerprint density at radius 3 is 2.58 bits per heavy atom. The van der Waals surface area contributed by atoms with Crippen LogP contribution in [-0.2, 0) is 11.4 Å². The smallest absolute Gasteiger partial charge is 0.462 e. The van der Waals surface area contributed by atoms with E-state index in [1.807, 2.05) is 0 Å². The lowest BCUT2D eigenvalue weighted by Crippen LogP contribution is -2.20. The number of carbonyl (C=O) groups is 1. The molecule has 0 unspecified atom stereocenters. The maximum Gasteiger partial charge on any atom is 0.574 e. The van der Waals surface area contributed by atoms with Crippen LogP contribution in [0.2, 0.25) is 0 Å². The first kappa shape index (κ1) is 15.0. The summed E-state index contributed by atoms with van der Waals surface area (Å²) in [6, 6.07) is 0.679. The number of rotatable bonds is 4. The number of anilines is 1. The molecule has 1 rings (SSSR count). The van der Waals surface area contributed by atoms with Gasteiger partial charge in [-0.3, -0.25) is 0 Å². The number of ether oxygens (including phenoxy) is 2. The fourth-order valence-corrected chi connectivity index (χ4v) is 1.30. The first-order valence-corrected chi connectivity index (χ1v) is 5.06. The second kappa shape index (κ2) is 5.72. The van der Waals surface area contributed by atoms with Crippen LogP contribution in [-0.4, -0.2) is 23.9 Å². The summed E-state index contributed by atoms with van der Waals surface area (Å²) in [4.78, 5) is 14.7. The average Bonchev–Trinajstić information content (AvgIpc) is 2.25. The van der Waals surface area contributed by atoms with Crippen molar-refractivity contribution >= 4 is 11.7 Å². The van der Waals surface area contributed by atoms with Crippen LogP contribution in [0.5, 0.6) is 5.88 Å². The van der Waals surface area contributed by atoms with E-state index in [2.05, 4.69) is 14.5 Å². The van der Waals surface area contributed by atoms with Gasteiger partial charge in [-0.2, -0.15) is 0 Å². The quantitative estimate of drug-likeness (QED) is 0.677. The van der Waals surface area contributed by atoms with Gasteiger partial charge in [0.1, 0.15) is 12.2 Å². The molecule has 0 saturated heterocycles. The Balaban J connectivity index is 3.18. The van der Waals surface area contributed by atoms with Gasteiger partial charge < -0.3 is 15.2 Å². The van der Waals surface area contributed by atoms with E-state index in [0.29, 0.717) is 6.07 Å². The summed E-state index contributed by atoms with van der Waals surface area (Å²) in [5, 5.41) is 0. The third-order valence-corrected chi connectivity index (χ3v) is 1.93. The highest BCUT2D eigenvalue weighted by Crippen LogP contribution is 2.27. The van der Waals surface area contributed by atoms with E-state index in [1.54, 1.807) is 0 Å². The highest BCUT2D eigenvalue weighted by molar-refractivity contribution is 5.96. The van der Waals surface area contributed by atoms with Gasteiger partial charge in [0.25, 0.3) is 0 Å². The number of aromatic nitrogens is 1. The molecule has 19 heavy (non-hydrogen) atoms. The number of hydrogen-bond donors (Lipinski definition) is 1. The van der Waals surface area contributed by atoms with E-state index >= 15 is 0 Å². The van der Waals surface area contributed by atoms with Gasteiger partial charge in [-0.25, -0.2) is 14.2 Å². The van der Waals surface area contributed by atoms with Gasteiger partial charge in [-0.05, 0) is 6.92 Å². The second-order valence-corrected chi connectivity index (χ2v) is 3.27. The van der Waals surface area contributed by atoms with Gasteiger partial charge in [0.15, 0.2) is 0 Å². The van der Waals surface area contributed by atoms with Crippen LogP contribution < -0.4 is 10.5 Å². The van der Waals surface area contributed by atoms with Gasteiger partial charge >= 0.3 is 12.3 Å². The minimum atomic E-state index is -4.99. The third-order valence-electron chi connectivity index (χ3n) is 1.93. The van der Waals surface area contributed by atoms with Crippen LogP contribution in [0.4, 0.5) is 23.2 Å². The minimum Gasteiger partial charge on any atom is -0.462 e. The SMILES string of the molecule is CCOC(=O)c1c(N)cc(OC(F)(F)F)nc1CF. The average molecular weight is 282 g/mol. The Bertz CT molecular complexity index is 477. The molecule has 106 valence electrons. The molecule has 0 aliphatic heterocycles. The van der Waals surface area contributed by atoms with Crippen molar-refractivity contribution in [2.24, 2.45) is 0 Å². The summed E-state index contributed by atoms with van der Waals surface area (Å²) in [5.74, 6) is -1.90. The Morgan fingerprint density at radius 2 is 2.11 bits per heavy atom. The molecule has 0 amide bonds. The van der Waals surface area contributed by atoms with Gasteiger partial charge in [-0.1, -0.05) is 0 Å². The molecular formula is C10H10F4N2O3. The van der Waals surface area contributed by atoms with Crippen molar-refractivity contribution in [3.8, 4) is 5.88 Å². The molecule has 0 atom stereocenters. The van der Waals surface area contributed by atoms with Crippen LogP contribution >= 0.6 is 0 Å². The molecule has 0 aliphatic carbocycles. The van der Waals surface area contributed by atoms with E-state index in [0.717, 1.165) is 0 Å². The first-order valence-electron chi connectivity index (χ1n) is 5.06. The predicted octanol–water partition coefficient (Wildman–Crippen LogP) is 2.21. The number of nitrogen functional groups attached to an aromatic ring is 1. The van der Waals surface area contributed by atoms with Crippen LogP contribution in [0.15, 0.2) is 6.07 Å². The van der Waals surface area contributed by atoms with Crippen molar-refractivity contribution in [2.75, 3.05) is 12.3 Å². The van der Waals surface area contributed by atoms with Crippen molar-refractivity contribution in [1.82, 2.24) is 4.98 Å². The van der Waals surface area contributed by atoms with Gasteiger partial charge in [0.05, 0.1) is 18.0 Å². The standard InChI is InChI=1S/C10H10F4N2O3/c1-2-18-9(17)8-5(15)3-7(16-6(8)4-11)19-10(12,13)14/h3H,2,4H2,1H3,(H2,15,16). The zero-order chi connectivity index (χ0) is 14.6. The molecule has 9 heteroatoms. The van der Waals surface area contributed by atoms with E-state index in [4.69, 9.17) is 5.73 Å². The number of halogens is 4. The summed E-state index contributed by atoms with van der Waals surface area (Å²) < 4.78 is 56.8. The molecule has 0 bridgehead atoms. The lowest BCUT2D eigenvalue weighted by molar-refractivity contribution is -0.276. The van der Waals surface area contributed by atoms with Crippen molar-refractivity contribution in [1.29, 1.82) is 0 Å². The zero-order valence-electron chi connectivity index (χ0n) is 9.75. The topological polar surface area (TPSA) is 74.4 Å². The molecule has 1 aromatic rings. The summed E-state index contributed by atoms with van der Waals surface area (Å²) in [6.07, 6.45) is -4.99. The number of alkyl halides is 4. The maximum atomic E-state index is 12.7. The number of hydrogen-bond acceptors (Lipinski definition) is 5. The monoisotopic (exact) mass is 282 g/mol. The maximum absolute atomic E-state index is 12.7. The number of carbonyl (C=O) groups excluding carboxylic acids is 1. The number of nitrogens with two attached hydrogens (primary N) is 1. The highest BCUT2D eigenvalue weighted by Gasteiger charge is 2.33. The molecule has 5 nitrogen and oxygen atoms in total. The number of nitrogens with zero attached hydrogens (tertiary/aromatic N) is 1. The largest absolute Gasteiger partial charge is 0.574 e. The first-order chi connectivity index (χ1) is 8.78. The van der Waals surface area contributed by atoms with Crippen molar-refractivity contribution in [3.63, 3.8) is 0 Å². The zero-order valence-corrected chi connectivity index (χ0v) is 9.75. The van der Waals surface area contributed by atoms with Crippen LogP contribution in [0.3, 0.4) is 0 Å². The van der Waals surface area contributed by atoms with E-state index in [1.165, 1.54) is 6.92 Å². The fourth-order valence-electron chi connectivity index (χ4n) is 1.30. The fraction of sp³-hybridized carbons (Fsp3) is 0.400. The summed E-state index contributed by atoms with van der Waals surface area (Å²) in [6.45, 7) is 0.232. The van der Waals surface area contributed by atoms with Crippen molar-refractivity contribution in [3.05, 3.63) is 17.3 Å². The van der Waals surface area contributed by atoms with Crippen LogP contribution in [0, 0.1) is 0 Å². The molecule has 1 aromatic heterocycles. The molecule has 0 radical (unpaired) electrons. The molecule has 0 saturated carbocycles. The highest BCUT2D eigenvalue weighted by atomic mass is 19.4. The normalized spacial score (nSPS) is 11.2. The molecule has 0 fully saturated rings. The lowest BCUT2D eigenvalue weighted by Gasteiger charge is -2.12. The molecule has 1 heterocycles. The molecule has 0 aliphatic rings. The molecular weight excluding hydrogens is 272 g/mol. The summed E-state index contributed by atoms with van der Waals surface area (Å²) >= 11 is 0. The Morgan fingerprint density at radius 1 is 1.47 bits per heavy atom. The predicted molar refractivity (Wildman–Crippen MR) is 56.1 cm³/mol. The van der Waals surface area contributed by atoms with Crippen LogP contribution in [0.1, 0.15) is 23.0 Å². The third kappa shape index (κ3) is 3.97. The Labute approximate surface area is 105 Å². The van der Waals surface area contributed by atoms with E-state index < -0.39 is 41.8 Å². The Hall–Kier alpha value is -2.06. The Kier molecular flexibility index (Phi) is 4.52. The number of esters is 1. The lowest BCUT2D eigenvalue weighted by atomic mass is 10.1. The van der Waals surface area contributed by atoms with E-state index in [-0.39, 0.29) is 6.61 Å². The summed E-state index contributed by atoms with van der Waals surface area (Å²) in [5.41, 5.74) is 4.02. The minimum absolute atomic E-state index is 0.00476. The van der Waals surface area contributed by atoms with E-state index in [9.17, 15) is 22.4 Å². The second-order valence-electron chi connectivity index (χ2n) is 3.27. The summed E-state index contributed by atoms with van der Waals surface area (Å²) in [7, 11) is 0.